The monoisotopic (exact) mass is 308 g/mol. The van der Waals surface area contributed by atoms with Gasteiger partial charge in [-0.3, -0.25) is 0 Å². The van der Waals surface area contributed by atoms with E-state index in [2.05, 4.69) is 20.9 Å². The number of pyridine rings is 1. The number of aliphatic hydroxyl groups is 1. The third-order valence-corrected chi connectivity index (χ3v) is 2.94. The molecule has 5 heteroatoms. The van der Waals surface area contributed by atoms with Gasteiger partial charge >= 0.3 is 0 Å². The Kier molecular flexibility index (Phi) is 4.17. The Balaban J connectivity index is 2.13. The molecule has 0 spiro atoms. The summed E-state index contributed by atoms with van der Waals surface area (Å²) < 4.78 is 6.33. The summed E-state index contributed by atoms with van der Waals surface area (Å²) in [6.45, 7) is 0.144. The number of anilines is 1. The lowest BCUT2D eigenvalue weighted by molar-refractivity contribution is 0.299. The van der Waals surface area contributed by atoms with Crippen LogP contribution in [0.4, 0.5) is 5.69 Å². The lowest BCUT2D eigenvalue weighted by atomic mass is 10.1. The van der Waals surface area contributed by atoms with E-state index in [1.54, 1.807) is 12.3 Å². The third-order valence-electron chi connectivity index (χ3n) is 2.37. The number of nitrogens with two attached hydrogens (primary N) is 1. The van der Waals surface area contributed by atoms with Gasteiger partial charge in [0.2, 0.25) is 5.88 Å². The van der Waals surface area contributed by atoms with Crippen LogP contribution in [0.5, 0.6) is 11.6 Å². The minimum atomic E-state index is 0.144. The molecule has 1 aromatic carbocycles. The highest BCUT2D eigenvalue weighted by molar-refractivity contribution is 9.10. The molecule has 0 aliphatic carbocycles. The number of aromatic nitrogens is 1. The van der Waals surface area contributed by atoms with Gasteiger partial charge in [-0.2, -0.15) is 0 Å². The van der Waals surface area contributed by atoms with Crippen molar-refractivity contribution in [3.8, 4) is 11.6 Å². The minimum absolute atomic E-state index is 0.144. The first-order chi connectivity index (χ1) is 8.69. The molecule has 18 heavy (non-hydrogen) atoms. The number of ether oxygens (including phenoxy) is 1. The van der Waals surface area contributed by atoms with E-state index in [1.807, 2.05) is 24.3 Å². The first kappa shape index (κ1) is 12.9. The Labute approximate surface area is 114 Å². The molecule has 0 saturated carbocycles. The first-order valence-corrected chi connectivity index (χ1v) is 6.27. The van der Waals surface area contributed by atoms with Crippen LogP contribution in [-0.2, 0) is 6.42 Å². The molecule has 0 amide bonds. The number of hydrogen-bond acceptors (Lipinski definition) is 4. The zero-order valence-electron chi connectivity index (χ0n) is 9.64. The molecule has 0 atom stereocenters. The highest BCUT2D eigenvalue weighted by Gasteiger charge is 2.04. The van der Waals surface area contributed by atoms with Gasteiger partial charge in [-0.25, -0.2) is 4.98 Å². The normalized spacial score (nSPS) is 10.3. The predicted octanol–water partition coefficient (Wildman–Crippen LogP) is 2.75. The molecule has 4 nitrogen and oxygen atoms in total. The van der Waals surface area contributed by atoms with Gasteiger partial charge in [-0.15, -0.1) is 0 Å². The van der Waals surface area contributed by atoms with Crippen molar-refractivity contribution in [3.63, 3.8) is 0 Å². The van der Waals surface area contributed by atoms with E-state index in [0.29, 0.717) is 28.2 Å². The summed E-state index contributed by atoms with van der Waals surface area (Å²) in [4.78, 5) is 4.10. The van der Waals surface area contributed by atoms with Crippen molar-refractivity contribution in [1.29, 1.82) is 0 Å². The molecule has 0 fully saturated rings. The number of hydrogen-bond donors (Lipinski definition) is 2. The molecule has 2 rings (SSSR count). The first-order valence-electron chi connectivity index (χ1n) is 5.47. The number of nitrogens with zero attached hydrogens (tertiary/aromatic N) is 1. The lowest BCUT2D eigenvalue weighted by Gasteiger charge is -2.07. The van der Waals surface area contributed by atoms with E-state index in [9.17, 15) is 0 Å². The van der Waals surface area contributed by atoms with Crippen LogP contribution in [0, 0.1) is 0 Å². The topological polar surface area (TPSA) is 68.4 Å². The number of rotatable bonds is 4. The van der Waals surface area contributed by atoms with Crippen molar-refractivity contribution < 1.29 is 9.84 Å². The average Bonchev–Trinajstić information content (AvgIpc) is 2.35. The molecule has 1 aromatic heterocycles. The molecular weight excluding hydrogens is 296 g/mol. The van der Waals surface area contributed by atoms with Crippen molar-refractivity contribution in [2.75, 3.05) is 12.3 Å². The second-order valence-electron chi connectivity index (χ2n) is 3.78. The van der Waals surface area contributed by atoms with Crippen LogP contribution >= 0.6 is 15.9 Å². The van der Waals surface area contributed by atoms with E-state index in [1.165, 1.54) is 0 Å². The largest absolute Gasteiger partial charge is 0.438 e. The maximum Gasteiger partial charge on any atom is 0.233 e. The molecule has 3 N–H and O–H groups in total. The summed E-state index contributed by atoms with van der Waals surface area (Å²) >= 11 is 3.34. The summed E-state index contributed by atoms with van der Waals surface area (Å²) in [5, 5.41) is 8.83. The third kappa shape index (κ3) is 3.21. The molecule has 0 bridgehead atoms. The number of nitrogen functional groups attached to an aromatic ring is 1. The maximum absolute atomic E-state index is 8.83. The highest BCUT2D eigenvalue weighted by Crippen LogP contribution is 2.28. The van der Waals surface area contributed by atoms with Gasteiger partial charge in [0.15, 0.2) is 0 Å². The van der Waals surface area contributed by atoms with Gasteiger partial charge in [0.05, 0.1) is 16.4 Å². The van der Waals surface area contributed by atoms with Gasteiger partial charge in [0, 0.05) is 6.61 Å². The van der Waals surface area contributed by atoms with Crippen LogP contribution in [0.25, 0.3) is 0 Å². The van der Waals surface area contributed by atoms with Crippen molar-refractivity contribution in [2.24, 2.45) is 0 Å². The summed E-state index contributed by atoms with van der Waals surface area (Å²) in [6, 6.07) is 9.25. The van der Waals surface area contributed by atoms with Crippen LogP contribution in [0.3, 0.4) is 0 Å². The molecule has 1 heterocycles. The fourth-order valence-corrected chi connectivity index (χ4v) is 1.93. The molecule has 0 aliphatic heterocycles. The zero-order chi connectivity index (χ0) is 13.0. The summed E-state index contributed by atoms with van der Waals surface area (Å²) in [5.41, 5.74) is 7.24. The van der Waals surface area contributed by atoms with Gasteiger partial charge in [-0.05, 0) is 46.1 Å². The van der Waals surface area contributed by atoms with Crippen molar-refractivity contribution in [2.45, 2.75) is 6.42 Å². The Bertz CT molecular complexity index is 529. The van der Waals surface area contributed by atoms with E-state index in [0.717, 1.165) is 5.56 Å². The van der Waals surface area contributed by atoms with Gasteiger partial charge < -0.3 is 15.6 Å². The van der Waals surface area contributed by atoms with E-state index < -0.39 is 0 Å². The van der Waals surface area contributed by atoms with Gasteiger partial charge in [0.1, 0.15) is 5.75 Å². The number of halogens is 1. The van der Waals surface area contributed by atoms with Crippen molar-refractivity contribution in [3.05, 3.63) is 46.6 Å². The number of benzene rings is 1. The molecule has 94 valence electrons. The number of aliphatic hydroxyl groups excluding tert-OH is 1. The smallest absolute Gasteiger partial charge is 0.233 e. The minimum Gasteiger partial charge on any atom is -0.438 e. The highest BCUT2D eigenvalue weighted by atomic mass is 79.9. The van der Waals surface area contributed by atoms with E-state index in [-0.39, 0.29) is 6.61 Å². The molecule has 0 saturated heterocycles. The van der Waals surface area contributed by atoms with Crippen molar-refractivity contribution in [1.82, 2.24) is 4.98 Å². The second kappa shape index (κ2) is 5.84. The van der Waals surface area contributed by atoms with E-state index in [4.69, 9.17) is 15.6 Å². The molecule has 0 radical (unpaired) electrons. The summed E-state index contributed by atoms with van der Waals surface area (Å²) in [6.07, 6.45) is 2.18. The Morgan fingerprint density at radius 2 is 2.00 bits per heavy atom. The van der Waals surface area contributed by atoms with Crippen LogP contribution in [0.2, 0.25) is 0 Å². The maximum atomic E-state index is 8.83. The second-order valence-corrected chi connectivity index (χ2v) is 4.63. The quantitative estimate of drug-likeness (QED) is 0.911. The van der Waals surface area contributed by atoms with Crippen LogP contribution < -0.4 is 10.5 Å². The zero-order valence-corrected chi connectivity index (χ0v) is 11.2. The summed E-state index contributed by atoms with van der Waals surface area (Å²) in [7, 11) is 0. The van der Waals surface area contributed by atoms with Crippen LogP contribution in [-0.4, -0.2) is 16.7 Å². The molecular formula is C13H13BrN2O2. The Hall–Kier alpha value is -1.59. The molecule has 2 aromatic rings. The Morgan fingerprint density at radius 1 is 1.28 bits per heavy atom. The van der Waals surface area contributed by atoms with Crippen LogP contribution in [0.15, 0.2) is 41.0 Å². The summed E-state index contributed by atoms with van der Waals surface area (Å²) in [5.74, 6) is 1.16. The lowest BCUT2D eigenvalue weighted by Crippen LogP contribution is -1.93. The van der Waals surface area contributed by atoms with E-state index >= 15 is 0 Å². The Morgan fingerprint density at radius 3 is 2.61 bits per heavy atom. The predicted molar refractivity (Wildman–Crippen MR) is 73.7 cm³/mol. The molecule has 0 aliphatic rings. The fraction of sp³-hybridized carbons (Fsp3) is 0.154. The van der Waals surface area contributed by atoms with Crippen molar-refractivity contribution >= 4 is 21.6 Å². The van der Waals surface area contributed by atoms with Gasteiger partial charge in [-0.1, -0.05) is 12.1 Å². The van der Waals surface area contributed by atoms with Crippen LogP contribution in [0.1, 0.15) is 5.56 Å². The SMILES string of the molecule is Nc1cnc(Oc2ccc(CCO)cc2)c(Br)c1. The van der Waals surface area contributed by atoms with Gasteiger partial charge in [0.25, 0.3) is 0 Å². The molecule has 0 unspecified atom stereocenters. The standard InChI is InChI=1S/C13H13BrN2O2/c14-12-7-10(15)8-16-13(12)18-11-3-1-9(2-4-11)5-6-17/h1-4,7-8,17H,5-6,15H2. The average molecular weight is 309 g/mol. The fourth-order valence-electron chi connectivity index (χ4n) is 1.48.